The molecule has 1 heterocycles. The Kier molecular flexibility index (Phi) is 4.19. The largest absolute Gasteiger partial charge is 0.396 e. The van der Waals surface area contributed by atoms with Crippen molar-refractivity contribution in [2.75, 3.05) is 11.9 Å². The lowest BCUT2D eigenvalue weighted by molar-refractivity contribution is -0.384. The molecule has 0 aliphatic carbocycles. The van der Waals surface area contributed by atoms with Gasteiger partial charge in [0.15, 0.2) is 0 Å². The fourth-order valence-corrected chi connectivity index (χ4v) is 1.17. The summed E-state index contributed by atoms with van der Waals surface area (Å²) in [6, 6.07) is 2.83. The Labute approximate surface area is 93.5 Å². The van der Waals surface area contributed by atoms with Gasteiger partial charge in [0.05, 0.1) is 4.92 Å². The Morgan fingerprint density at radius 1 is 1.62 bits per heavy atom. The van der Waals surface area contributed by atoms with Gasteiger partial charge in [-0.3, -0.25) is 10.1 Å². The van der Waals surface area contributed by atoms with Crippen LogP contribution in [-0.2, 0) is 0 Å². The normalized spacial score (nSPS) is 14.2. The summed E-state index contributed by atoms with van der Waals surface area (Å²) in [5, 5.41) is 22.6. The Morgan fingerprint density at radius 3 is 2.88 bits per heavy atom. The summed E-state index contributed by atoms with van der Waals surface area (Å²) in [5.41, 5.74) is -0.0560. The number of aromatic nitrogens is 1. The van der Waals surface area contributed by atoms with Crippen molar-refractivity contribution in [3.63, 3.8) is 0 Å². The van der Waals surface area contributed by atoms with Gasteiger partial charge in [0.2, 0.25) is 5.82 Å². The molecule has 0 spiro atoms. The molecule has 2 atom stereocenters. The van der Waals surface area contributed by atoms with E-state index in [1.54, 1.807) is 0 Å². The molecule has 6 heteroatoms. The van der Waals surface area contributed by atoms with Crippen LogP contribution in [0.2, 0.25) is 0 Å². The van der Waals surface area contributed by atoms with Crippen molar-refractivity contribution in [1.29, 1.82) is 0 Å². The summed E-state index contributed by atoms with van der Waals surface area (Å²) in [6.07, 6.45) is 1.49. The summed E-state index contributed by atoms with van der Waals surface area (Å²) < 4.78 is 0. The lowest BCUT2D eigenvalue weighted by Gasteiger charge is -2.19. The van der Waals surface area contributed by atoms with Gasteiger partial charge in [0.1, 0.15) is 0 Å². The van der Waals surface area contributed by atoms with Crippen LogP contribution < -0.4 is 5.32 Å². The van der Waals surface area contributed by atoms with Crippen molar-refractivity contribution in [2.45, 2.75) is 19.9 Å². The van der Waals surface area contributed by atoms with Crippen molar-refractivity contribution in [1.82, 2.24) is 4.98 Å². The first-order valence-corrected chi connectivity index (χ1v) is 5.03. The number of aliphatic hydroxyl groups excluding tert-OH is 1. The third kappa shape index (κ3) is 2.90. The third-order valence-electron chi connectivity index (χ3n) is 2.49. The molecule has 2 N–H and O–H groups in total. The molecule has 0 aliphatic rings. The number of rotatable bonds is 5. The molecule has 0 aromatic carbocycles. The van der Waals surface area contributed by atoms with Crippen LogP contribution in [0.15, 0.2) is 18.3 Å². The average Bonchev–Trinajstić information content (AvgIpc) is 2.28. The molecular weight excluding hydrogens is 210 g/mol. The molecule has 88 valence electrons. The van der Waals surface area contributed by atoms with Crippen molar-refractivity contribution in [3.8, 4) is 0 Å². The second-order valence-corrected chi connectivity index (χ2v) is 3.72. The highest BCUT2D eigenvalue weighted by Crippen LogP contribution is 2.22. The third-order valence-corrected chi connectivity index (χ3v) is 2.49. The summed E-state index contributed by atoms with van der Waals surface area (Å²) in [4.78, 5) is 14.2. The van der Waals surface area contributed by atoms with E-state index in [9.17, 15) is 10.1 Å². The van der Waals surface area contributed by atoms with Gasteiger partial charge < -0.3 is 10.4 Å². The Balaban J connectivity index is 2.84. The maximum atomic E-state index is 10.7. The SMILES string of the molecule is CC(CO)C(C)Nc1ncccc1[N+](=O)[O-]. The molecule has 2 unspecified atom stereocenters. The van der Waals surface area contributed by atoms with Gasteiger partial charge in [0, 0.05) is 24.9 Å². The van der Waals surface area contributed by atoms with Crippen molar-refractivity contribution in [3.05, 3.63) is 28.4 Å². The van der Waals surface area contributed by atoms with Gasteiger partial charge in [-0.1, -0.05) is 6.92 Å². The highest BCUT2D eigenvalue weighted by Gasteiger charge is 2.18. The van der Waals surface area contributed by atoms with Crippen LogP contribution >= 0.6 is 0 Å². The first-order valence-electron chi connectivity index (χ1n) is 5.03. The fraction of sp³-hybridized carbons (Fsp3) is 0.500. The summed E-state index contributed by atoms with van der Waals surface area (Å²) in [6.45, 7) is 3.72. The molecule has 0 amide bonds. The highest BCUT2D eigenvalue weighted by molar-refractivity contribution is 5.55. The minimum Gasteiger partial charge on any atom is -0.396 e. The van der Waals surface area contributed by atoms with Crippen LogP contribution in [0.3, 0.4) is 0 Å². The number of hydrogen-bond donors (Lipinski definition) is 2. The molecule has 0 fully saturated rings. The van der Waals surface area contributed by atoms with Crippen LogP contribution in [0.4, 0.5) is 11.5 Å². The lowest BCUT2D eigenvalue weighted by atomic mass is 10.1. The summed E-state index contributed by atoms with van der Waals surface area (Å²) in [7, 11) is 0. The van der Waals surface area contributed by atoms with Gasteiger partial charge in [0.25, 0.3) is 0 Å². The van der Waals surface area contributed by atoms with E-state index in [-0.39, 0.29) is 30.1 Å². The van der Waals surface area contributed by atoms with Crippen LogP contribution in [0.1, 0.15) is 13.8 Å². The predicted octanol–water partition coefficient (Wildman–Crippen LogP) is 1.42. The van der Waals surface area contributed by atoms with Crippen LogP contribution in [0, 0.1) is 16.0 Å². The van der Waals surface area contributed by atoms with Gasteiger partial charge >= 0.3 is 5.69 Å². The number of anilines is 1. The van der Waals surface area contributed by atoms with Gasteiger partial charge in [-0.05, 0) is 18.9 Å². The molecule has 6 nitrogen and oxygen atoms in total. The van der Waals surface area contributed by atoms with Crippen molar-refractivity contribution in [2.24, 2.45) is 5.92 Å². The number of hydrogen-bond acceptors (Lipinski definition) is 5. The number of nitro groups is 1. The number of pyridine rings is 1. The molecule has 1 rings (SSSR count). The molecule has 0 radical (unpaired) electrons. The minimum atomic E-state index is -0.480. The van der Waals surface area contributed by atoms with E-state index in [1.807, 2.05) is 13.8 Å². The lowest BCUT2D eigenvalue weighted by Crippen LogP contribution is -2.27. The molecule has 16 heavy (non-hydrogen) atoms. The number of nitrogens with zero attached hydrogens (tertiary/aromatic N) is 2. The topological polar surface area (TPSA) is 88.3 Å². The minimum absolute atomic E-state index is 0.00149. The molecule has 0 bridgehead atoms. The van der Waals surface area contributed by atoms with Gasteiger partial charge in [-0.15, -0.1) is 0 Å². The molecule has 0 saturated carbocycles. The first kappa shape index (κ1) is 12.4. The zero-order valence-electron chi connectivity index (χ0n) is 9.25. The maximum absolute atomic E-state index is 10.7. The highest BCUT2D eigenvalue weighted by atomic mass is 16.6. The average molecular weight is 225 g/mol. The second-order valence-electron chi connectivity index (χ2n) is 3.72. The number of nitrogens with one attached hydrogen (secondary N) is 1. The van der Waals surface area contributed by atoms with Crippen LogP contribution in [0.25, 0.3) is 0 Å². The Bertz CT molecular complexity index is 370. The zero-order valence-corrected chi connectivity index (χ0v) is 9.25. The zero-order chi connectivity index (χ0) is 12.1. The summed E-state index contributed by atoms with van der Waals surface area (Å²) >= 11 is 0. The monoisotopic (exact) mass is 225 g/mol. The fourth-order valence-electron chi connectivity index (χ4n) is 1.17. The van der Waals surface area contributed by atoms with Gasteiger partial charge in [-0.25, -0.2) is 4.98 Å². The summed E-state index contributed by atoms with van der Waals surface area (Å²) in [5.74, 6) is 0.238. The van der Waals surface area contributed by atoms with E-state index >= 15 is 0 Å². The first-order chi connectivity index (χ1) is 7.56. The van der Waals surface area contributed by atoms with E-state index in [0.29, 0.717) is 0 Å². The Hall–Kier alpha value is -1.69. The molecule has 1 aromatic heterocycles. The predicted molar refractivity (Wildman–Crippen MR) is 60.2 cm³/mol. The smallest absolute Gasteiger partial charge is 0.311 e. The van der Waals surface area contributed by atoms with E-state index in [2.05, 4.69) is 10.3 Å². The molecule has 1 aromatic rings. The number of aliphatic hydroxyl groups is 1. The molecular formula is C10H15N3O3. The standard InChI is InChI=1S/C10H15N3O3/c1-7(6-14)8(2)12-10-9(13(15)16)4-3-5-11-10/h3-5,7-8,14H,6H2,1-2H3,(H,11,12). The molecule has 0 saturated heterocycles. The van der Waals surface area contributed by atoms with Crippen molar-refractivity contribution < 1.29 is 10.0 Å². The van der Waals surface area contributed by atoms with Crippen LogP contribution in [0.5, 0.6) is 0 Å². The van der Waals surface area contributed by atoms with Crippen LogP contribution in [-0.4, -0.2) is 27.7 Å². The second kappa shape index (κ2) is 5.41. The van der Waals surface area contributed by atoms with Crippen molar-refractivity contribution >= 4 is 11.5 Å². The molecule has 0 aliphatic heterocycles. The quantitative estimate of drug-likeness (QED) is 0.584. The van der Waals surface area contributed by atoms with Gasteiger partial charge in [-0.2, -0.15) is 0 Å². The van der Waals surface area contributed by atoms with E-state index in [0.717, 1.165) is 0 Å². The Morgan fingerprint density at radius 2 is 2.31 bits per heavy atom. The van der Waals surface area contributed by atoms with E-state index in [1.165, 1.54) is 18.3 Å². The maximum Gasteiger partial charge on any atom is 0.311 e. The van der Waals surface area contributed by atoms with E-state index < -0.39 is 4.92 Å². The van der Waals surface area contributed by atoms with E-state index in [4.69, 9.17) is 5.11 Å².